The Labute approximate surface area is 142 Å². The molecular formula is C17H26N4OS. The lowest BCUT2D eigenvalue weighted by Crippen LogP contribution is -2.38. The van der Waals surface area contributed by atoms with Crippen molar-refractivity contribution in [3.63, 3.8) is 0 Å². The molecule has 0 radical (unpaired) electrons. The van der Waals surface area contributed by atoms with E-state index in [9.17, 15) is 0 Å². The molecule has 0 spiro atoms. The fourth-order valence-electron chi connectivity index (χ4n) is 2.26. The highest BCUT2D eigenvalue weighted by Crippen LogP contribution is 2.23. The van der Waals surface area contributed by atoms with E-state index in [1.165, 1.54) is 12.8 Å². The third kappa shape index (κ3) is 6.06. The predicted octanol–water partition coefficient (Wildman–Crippen LogP) is 4.02. The molecule has 126 valence electrons. The van der Waals surface area contributed by atoms with E-state index in [4.69, 9.17) is 10.2 Å². The first-order chi connectivity index (χ1) is 11.0. The van der Waals surface area contributed by atoms with Crippen molar-refractivity contribution in [3.05, 3.63) is 29.5 Å². The van der Waals surface area contributed by atoms with Gasteiger partial charge in [0.25, 0.3) is 0 Å². The molecule has 5 nitrogen and oxygen atoms in total. The second kappa shape index (κ2) is 8.72. The Bertz CT molecular complexity index is 604. The van der Waals surface area contributed by atoms with Gasteiger partial charge in [-0.15, -0.1) is 11.3 Å². The molecule has 2 aromatic rings. The Morgan fingerprint density at radius 2 is 2.22 bits per heavy atom. The molecule has 0 saturated carbocycles. The summed E-state index contributed by atoms with van der Waals surface area (Å²) in [5, 5.41) is 5.23. The largest absolute Gasteiger partial charge is 0.443 e. The van der Waals surface area contributed by atoms with Crippen molar-refractivity contribution in [1.29, 1.82) is 0 Å². The normalized spacial score (nSPS) is 13.5. The fraction of sp³-hybridized carbons (Fsp3) is 0.529. The summed E-state index contributed by atoms with van der Waals surface area (Å²) in [5.74, 6) is 1.85. The van der Waals surface area contributed by atoms with Crippen LogP contribution in [0.15, 0.2) is 33.2 Å². The quantitative estimate of drug-likeness (QED) is 0.564. The number of thiophene rings is 1. The molecule has 2 aromatic heterocycles. The number of rotatable bonds is 8. The predicted molar refractivity (Wildman–Crippen MR) is 96.4 cm³/mol. The molecular weight excluding hydrogens is 308 g/mol. The number of oxazole rings is 1. The first-order valence-corrected chi connectivity index (χ1v) is 8.97. The van der Waals surface area contributed by atoms with E-state index < -0.39 is 0 Å². The third-order valence-electron chi connectivity index (χ3n) is 3.51. The summed E-state index contributed by atoms with van der Waals surface area (Å²) in [7, 11) is 0. The number of guanidine groups is 1. The van der Waals surface area contributed by atoms with Gasteiger partial charge in [-0.25, -0.2) is 9.98 Å². The first kappa shape index (κ1) is 17.5. The van der Waals surface area contributed by atoms with Gasteiger partial charge in [0.15, 0.2) is 5.96 Å². The second-order valence-electron chi connectivity index (χ2n) is 6.19. The number of hydrogen-bond donors (Lipinski definition) is 2. The van der Waals surface area contributed by atoms with Gasteiger partial charge in [0.1, 0.15) is 12.0 Å². The Morgan fingerprint density at radius 1 is 1.39 bits per heavy atom. The van der Waals surface area contributed by atoms with Crippen molar-refractivity contribution in [2.45, 2.75) is 52.6 Å². The van der Waals surface area contributed by atoms with Crippen molar-refractivity contribution in [3.8, 4) is 10.8 Å². The van der Waals surface area contributed by atoms with Crippen LogP contribution in [0.3, 0.4) is 0 Å². The van der Waals surface area contributed by atoms with Crippen LogP contribution in [-0.2, 0) is 6.54 Å². The van der Waals surface area contributed by atoms with Crippen molar-refractivity contribution in [2.75, 3.05) is 0 Å². The molecule has 2 rings (SSSR count). The van der Waals surface area contributed by atoms with Gasteiger partial charge in [0.05, 0.1) is 11.4 Å². The summed E-state index contributed by atoms with van der Waals surface area (Å²) in [6.45, 7) is 7.05. The zero-order valence-corrected chi connectivity index (χ0v) is 14.9. The molecule has 6 heteroatoms. The topological polar surface area (TPSA) is 76.4 Å². The smallest absolute Gasteiger partial charge is 0.236 e. The van der Waals surface area contributed by atoms with Gasteiger partial charge in [-0.2, -0.15) is 0 Å². The molecule has 0 saturated heterocycles. The number of nitrogens with one attached hydrogen (secondary N) is 1. The molecule has 0 amide bonds. The summed E-state index contributed by atoms with van der Waals surface area (Å²) in [6.07, 6.45) is 5.18. The van der Waals surface area contributed by atoms with Gasteiger partial charge in [-0.3, -0.25) is 0 Å². The number of nitrogens with zero attached hydrogens (tertiary/aromatic N) is 2. The summed E-state index contributed by atoms with van der Waals surface area (Å²) >= 11 is 1.60. The van der Waals surface area contributed by atoms with Gasteiger partial charge in [-0.1, -0.05) is 32.8 Å². The molecule has 1 atom stereocenters. The average Bonchev–Trinajstić information content (AvgIpc) is 3.15. The number of nitrogens with two attached hydrogens (primary N) is 1. The minimum atomic E-state index is 0.330. The van der Waals surface area contributed by atoms with Gasteiger partial charge >= 0.3 is 0 Å². The van der Waals surface area contributed by atoms with Crippen molar-refractivity contribution >= 4 is 17.3 Å². The van der Waals surface area contributed by atoms with Crippen LogP contribution in [0.1, 0.15) is 45.7 Å². The Kier molecular flexibility index (Phi) is 6.65. The summed E-state index contributed by atoms with van der Waals surface area (Å²) in [4.78, 5) is 9.78. The summed E-state index contributed by atoms with van der Waals surface area (Å²) < 4.78 is 5.47. The van der Waals surface area contributed by atoms with Crippen LogP contribution in [0.4, 0.5) is 0 Å². The number of aromatic nitrogens is 1. The SMILES string of the molecule is CC(C)CCCC(C)NC(N)=NCc1coc(-c2cccs2)n1. The van der Waals surface area contributed by atoms with Crippen LogP contribution >= 0.6 is 11.3 Å². The van der Waals surface area contributed by atoms with E-state index in [0.29, 0.717) is 24.4 Å². The van der Waals surface area contributed by atoms with Crippen LogP contribution in [0.2, 0.25) is 0 Å². The van der Waals surface area contributed by atoms with Crippen LogP contribution in [0.5, 0.6) is 0 Å². The fourth-order valence-corrected chi connectivity index (χ4v) is 2.92. The lowest BCUT2D eigenvalue weighted by atomic mass is 10.0. The van der Waals surface area contributed by atoms with Crippen molar-refractivity contribution in [1.82, 2.24) is 10.3 Å². The zero-order valence-electron chi connectivity index (χ0n) is 14.1. The molecule has 0 fully saturated rings. The number of hydrogen-bond acceptors (Lipinski definition) is 4. The maximum atomic E-state index is 5.94. The van der Waals surface area contributed by atoms with E-state index in [1.807, 2.05) is 17.5 Å². The zero-order chi connectivity index (χ0) is 16.7. The van der Waals surface area contributed by atoms with E-state index in [-0.39, 0.29) is 0 Å². The Morgan fingerprint density at radius 3 is 2.91 bits per heavy atom. The summed E-state index contributed by atoms with van der Waals surface area (Å²) in [5.41, 5.74) is 6.72. The molecule has 0 aliphatic rings. The third-order valence-corrected chi connectivity index (χ3v) is 4.37. The van der Waals surface area contributed by atoms with E-state index >= 15 is 0 Å². The first-order valence-electron chi connectivity index (χ1n) is 8.09. The van der Waals surface area contributed by atoms with Gasteiger partial charge in [0.2, 0.25) is 5.89 Å². The highest BCUT2D eigenvalue weighted by molar-refractivity contribution is 7.13. The Balaban J connectivity index is 1.78. The second-order valence-corrected chi connectivity index (χ2v) is 7.14. The van der Waals surface area contributed by atoms with Gasteiger partial charge < -0.3 is 15.5 Å². The highest BCUT2D eigenvalue weighted by Gasteiger charge is 2.08. The average molecular weight is 334 g/mol. The maximum absolute atomic E-state index is 5.94. The minimum Gasteiger partial charge on any atom is -0.443 e. The molecule has 23 heavy (non-hydrogen) atoms. The van der Waals surface area contributed by atoms with Crippen LogP contribution in [0.25, 0.3) is 10.8 Å². The molecule has 0 bridgehead atoms. The standard InChI is InChI=1S/C17H26N4OS/c1-12(2)6-4-7-13(3)20-17(18)19-10-14-11-22-16(21-14)15-8-5-9-23-15/h5,8-9,11-13H,4,6-7,10H2,1-3H3,(H3,18,19,20). The molecule has 3 N–H and O–H groups in total. The van der Waals surface area contributed by atoms with Crippen molar-refractivity contribution in [2.24, 2.45) is 16.6 Å². The van der Waals surface area contributed by atoms with E-state index in [1.54, 1.807) is 17.6 Å². The molecule has 0 aliphatic heterocycles. The maximum Gasteiger partial charge on any atom is 0.236 e. The van der Waals surface area contributed by atoms with E-state index in [2.05, 4.69) is 36.1 Å². The van der Waals surface area contributed by atoms with Gasteiger partial charge in [-0.05, 0) is 30.7 Å². The Hall–Kier alpha value is -1.82. The number of aliphatic imine (C=N–C) groups is 1. The van der Waals surface area contributed by atoms with E-state index in [0.717, 1.165) is 22.9 Å². The van der Waals surface area contributed by atoms with Crippen LogP contribution < -0.4 is 11.1 Å². The summed E-state index contributed by atoms with van der Waals surface area (Å²) in [6, 6.07) is 4.29. The minimum absolute atomic E-state index is 0.330. The molecule has 2 heterocycles. The lowest BCUT2D eigenvalue weighted by Gasteiger charge is -2.14. The lowest BCUT2D eigenvalue weighted by molar-refractivity contribution is 0.493. The molecule has 0 aromatic carbocycles. The van der Waals surface area contributed by atoms with Gasteiger partial charge in [0, 0.05) is 6.04 Å². The van der Waals surface area contributed by atoms with Crippen molar-refractivity contribution < 1.29 is 4.42 Å². The monoisotopic (exact) mass is 334 g/mol. The highest BCUT2D eigenvalue weighted by atomic mass is 32.1. The van der Waals surface area contributed by atoms with Crippen LogP contribution in [0, 0.1) is 5.92 Å². The van der Waals surface area contributed by atoms with Crippen LogP contribution in [-0.4, -0.2) is 17.0 Å². The molecule has 1 unspecified atom stereocenters. The molecule has 0 aliphatic carbocycles.